The first-order valence-corrected chi connectivity index (χ1v) is 7.01. The van der Waals surface area contributed by atoms with E-state index in [0.29, 0.717) is 23.2 Å². The lowest BCUT2D eigenvalue weighted by molar-refractivity contribution is -0.119. The highest BCUT2D eigenvalue weighted by atomic mass is 79.9. The predicted molar refractivity (Wildman–Crippen MR) is 76.4 cm³/mol. The van der Waals surface area contributed by atoms with Crippen molar-refractivity contribution in [2.24, 2.45) is 5.73 Å². The molecule has 104 valence electrons. The summed E-state index contributed by atoms with van der Waals surface area (Å²) in [6, 6.07) is 3.66. The molecule has 0 saturated carbocycles. The Morgan fingerprint density at radius 2 is 2.37 bits per heavy atom. The highest BCUT2D eigenvalue weighted by Crippen LogP contribution is 2.31. The van der Waals surface area contributed by atoms with Gasteiger partial charge < -0.3 is 16.0 Å². The van der Waals surface area contributed by atoms with Gasteiger partial charge in [-0.25, -0.2) is 4.39 Å². The predicted octanol–water partition coefficient (Wildman–Crippen LogP) is 1.76. The summed E-state index contributed by atoms with van der Waals surface area (Å²) in [4.78, 5) is 13.0. The maximum Gasteiger partial charge on any atom is 0.217 e. The number of nitrogens with one attached hydrogen (secondary N) is 1. The largest absolute Gasteiger partial charge is 0.367 e. The number of hydrogen-bond acceptors (Lipinski definition) is 3. The minimum absolute atomic E-state index is 0.0491. The molecule has 3 N–H and O–H groups in total. The van der Waals surface area contributed by atoms with Crippen LogP contribution in [0.1, 0.15) is 18.9 Å². The van der Waals surface area contributed by atoms with Crippen LogP contribution in [0, 0.1) is 5.82 Å². The summed E-state index contributed by atoms with van der Waals surface area (Å²) < 4.78 is 14.7. The molecule has 1 atom stereocenters. The van der Waals surface area contributed by atoms with Gasteiger partial charge in [0.15, 0.2) is 5.82 Å². The van der Waals surface area contributed by atoms with Crippen molar-refractivity contribution in [2.45, 2.75) is 25.9 Å². The quantitative estimate of drug-likeness (QED) is 0.888. The fourth-order valence-corrected chi connectivity index (χ4v) is 2.86. The smallest absolute Gasteiger partial charge is 0.217 e. The van der Waals surface area contributed by atoms with Gasteiger partial charge in [-0.1, -0.05) is 6.07 Å². The Bertz CT molecular complexity index is 495. The fraction of sp³-hybridized carbons (Fsp3) is 0.462. The third-order valence-electron chi connectivity index (χ3n) is 3.30. The molecular weight excluding hydrogens is 313 g/mol. The molecule has 1 aliphatic heterocycles. The first-order valence-electron chi connectivity index (χ1n) is 6.22. The maximum absolute atomic E-state index is 14.3. The Hall–Kier alpha value is -1.14. The normalized spacial score (nSPS) is 18.7. The Labute approximate surface area is 120 Å². The van der Waals surface area contributed by atoms with Crippen molar-refractivity contribution in [3.8, 4) is 0 Å². The second kappa shape index (κ2) is 5.88. The molecule has 1 aliphatic rings. The van der Waals surface area contributed by atoms with Gasteiger partial charge in [0.05, 0.1) is 10.2 Å². The summed E-state index contributed by atoms with van der Waals surface area (Å²) in [5.74, 6) is -0.335. The molecule has 0 spiro atoms. The monoisotopic (exact) mass is 329 g/mol. The second-order valence-corrected chi connectivity index (χ2v) is 5.50. The maximum atomic E-state index is 14.3. The van der Waals surface area contributed by atoms with Crippen LogP contribution in [0.25, 0.3) is 0 Å². The molecule has 1 aromatic carbocycles. The molecule has 2 rings (SSSR count). The number of carbonyl (C=O) groups excluding carboxylic acids is 1. The fourth-order valence-electron chi connectivity index (χ4n) is 2.37. The van der Waals surface area contributed by atoms with Crippen LogP contribution in [0.5, 0.6) is 0 Å². The summed E-state index contributed by atoms with van der Waals surface area (Å²) in [5, 5.41) is 2.86. The van der Waals surface area contributed by atoms with E-state index in [2.05, 4.69) is 21.2 Å². The molecule has 4 nitrogen and oxygen atoms in total. The summed E-state index contributed by atoms with van der Waals surface area (Å²) >= 11 is 3.24. The number of hydrogen-bond donors (Lipinski definition) is 2. The Balaban J connectivity index is 2.16. The number of anilines is 1. The zero-order chi connectivity index (χ0) is 14.0. The van der Waals surface area contributed by atoms with Gasteiger partial charge in [0.25, 0.3) is 0 Å². The van der Waals surface area contributed by atoms with E-state index < -0.39 is 0 Å². The first kappa shape index (κ1) is 14.3. The zero-order valence-electron chi connectivity index (χ0n) is 10.7. The second-order valence-electron chi connectivity index (χ2n) is 4.71. The van der Waals surface area contributed by atoms with Crippen LogP contribution >= 0.6 is 15.9 Å². The van der Waals surface area contributed by atoms with Crippen molar-refractivity contribution in [3.63, 3.8) is 0 Å². The van der Waals surface area contributed by atoms with Gasteiger partial charge in [0.1, 0.15) is 0 Å². The van der Waals surface area contributed by atoms with Crippen LogP contribution in [-0.2, 0) is 11.3 Å². The van der Waals surface area contributed by atoms with Gasteiger partial charge in [-0.15, -0.1) is 0 Å². The SMILES string of the molecule is CC(=O)NC1CCN(c2ccc(CN)c(Br)c2F)C1. The molecule has 0 aliphatic carbocycles. The number of carbonyl (C=O) groups is 1. The molecule has 0 aromatic heterocycles. The van der Waals surface area contributed by atoms with Crippen LogP contribution in [0.15, 0.2) is 16.6 Å². The van der Waals surface area contributed by atoms with E-state index in [1.807, 2.05) is 11.0 Å². The molecule has 1 aromatic rings. The molecule has 1 fully saturated rings. The molecule has 1 unspecified atom stereocenters. The molecule has 0 bridgehead atoms. The summed E-state index contributed by atoms with van der Waals surface area (Å²) in [5.41, 5.74) is 6.84. The van der Waals surface area contributed by atoms with Gasteiger partial charge in [0.2, 0.25) is 5.91 Å². The lowest BCUT2D eigenvalue weighted by Crippen LogP contribution is -2.35. The zero-order valence-corrected chi connectivity index (χ0v) is 12.3. The molecule has 19 heavy (non-hydrogen) atoms. The van der Waals surface area contributed by atoms with Crippen molar-refractivity contribution in [2.75, 3.05) is 18.0 Å². The van der Waals surface area contributed by atoms with E-state index >= 15 is 0 Å². The highest BCUT2D eigenvalue weighted by Gasteiger charge is 2.26. The summed E-state index contributed by atoms with van der Waals surface area (Å²) in [6.07, 6.45) is 0.829. The highest BCUT2D eigenvalue weighted by molar-refractivity contribution is 9.10. The van der Waals surface area contributed by atoms with Gasteiger partial charge in [-0.2, -0.15) is 0 Å². The topological polar surface area (TPSA) is 58.4 Å². The average Bonchev–Trinajstić information content (AvgIpc) is 2.80. The van der Waals surface area contributed by atoms with Gasteiger partial charge >= 0.3 is 0 Å². The molecule has 1 heterocycles. The van der Waals surface area contributed by atoms with E-state index in [9.17, 15) is 9.18 Å². The van der Waals surface area contributed by atoms with Crippen molar-refractivity contribution < 1.29 is 9.18 Å². The van der Waals surface area contributed by atoms with E-state index in [4.69, 9.17) is 5.73 Å². The minimum Gasteiger partial charge on any atom is -0.367 e. The van der Waals surface area contributed by atoms with Crippen LogP contribution < -0.4 is 16.0 Å². The summed E-state index contributed by atoms with van der Waals surface area (Å²) in [7, 11) is 0. The average molecular weight is 330 g/mol. The van der Waals surface area contributed by atoms with Crippen LogP contribution in [-0.4, -0.2) is 25.0 Å². The molecule has 0 radical (unpaired) electrons. The van der Waals surface area contributed by atoms with Gasteiger partial charge in [0, 0.05) is 32.6 Å². The van der Waals surface area contributed by atoms with Crippen molar-refractivity contribution in [1.82, 2.24) is 5.32 Å². The Morgan fingerprint density at radius 1 is 1.63 bits per heavy atom. The Kier molecular flexibility index (Phi) is 4.42. The molecular formula is C13H17BrFN3O. The molecule has 6 heteroatoms. The van der Waals surface area contributed by atoms with E-state index in [1.54, 1.807) is 6.07 Å². The van der Waals surface area contributed by atoms with Crippen molar-refractivity contribution >= 4 is 27.5 Å². The minimum atomic E-state index is -0.286. The third-order valence-corrected chi connectivity index (χ3v) is 4.16. The number of amides is 1. The van der Waals surface area contributed by atoms with Crippen molar-refractivity contribution in [1.29, 1.82) is 0 Å². The Morgan fingerprint density at radius 3 is 3.00 bits per heavy atom. The number of benzene rings is 1. The number of nitrogens with zero attached hydrogens (tertiary/aromatic N) is 1. The van der Waals surface area contributed by atoms with Crippen LogP contribution in [0.3, 0.4) is 0 Å². The number of nitrogens with two attached hydrogens (primary N) is 1. The van der Waals surface area contributed by atoms with Crippen LogP contribution in [0.4, 0.5) is 10.1 Å². The third kappa shape index (κ3) is 3.06. The number of halogens is 2. The van der Waals surface area contributed by atoms with Crippen LogP contribution in [0.2, 0.25) is 0 Å². The lowest BCUT2D eigenvalue weighted by Gasteiger charge is -2.21. The van der Waals surface area contributed by atoms with Gasteiger partial charge in [-0.05, 0) is 34.0 Å². The first-order chi connectivity index (χ1) is 9.02. The standard InChI is InChI=1S/C13H17BrFN3O/c1-8(19)17-10-4-5-18(7-10)11-3-2-9(6-16)12(14)13(11)15/h2-3,10H,4-7,16H2,1H3,(H,17,19). The lowest BCUT2D eigenvalue weighted by atomic mass is 10.2. The molecule has 1 amide bonds. The van der Waals surface area contributed by atoms with E-state index in [-0.39, 0.29) is 17.8 Å². The molecule has 1 saturated heterocycles. The summed E-state index contributed by atoms with van der Waals surface area (Å²) in [6.45, 7) is 3.16. The van der Waals surface area contributed by atoms with Gasteiger partial charge in [-0.3, -0.25) is 4.79 Å². The van der Waals surface area contributed by atoms with E-state index in [0.717, 1.165) is 18.5 Å². The number of rotatable bonds is 3. The van der Waals surface area contributed by atoms with Crippen molar-refractivity contribution in [3.05, 3.63) is 28.0 Å². The van der Waals surface area contributed by atoms with E-state index in [1.165, 1.54) is 6.92 Å².